The van der Waals surface area contributed by atoms with E-state index < -0.39 is 0 Å². The number of aliphatic hydroxyl groups is 1. The molecule has 3 fully saturated rings. The average Bonchev–Trinajstić information content (AvgIpc) is 3.26. The van der Waals surface area contributed by atoms with Crippen LogP contribution in [-0.2, 0) is 9.53 Å². The number of allylic oxidation sites excluding steroid dienone is 4. The van der Waals surface area contributed by atoms with Crippen LogP contribution in [0.5, 0.6) is 0 Å². The predicted molar refractivity (Wildman–Crippen MR) is 133 cm³/mol. The number of hydrogen-bond acceptors (Lipinski definition) is 3. The maximum absolute atomic E-state index is 12.8. The van der Waals surface area contributed by atoms with Crippen molar-refractivity contribution in [2.45, 2.75) is 118 Å². The van der Waals surface area contributed by atoms with Crippen molar-refractivity contribution in [3.05, 3.63) is 23.3 Å². The third-order valence-corrected chi connectivity index (χ3v) is 11.8. The first-order valence-corrected chi connectivity index (χ1v) is 13.5. The normalized spacial score (nSPS) is 46.9. The van der Waals surface area contributed by atoms with E-state index in [2.05, 4.69) is 67.5 Å². The van der Waals surface area contributed by atoms with Crippen molar-refractivity contribution in [3.8, 4) is 0 Å². The molecule has 4 aliphatic carbocycles. The zero-order chi connectivity index (χ0) is 24.2. The Bertz CT molecular complexity index is 925. The number of Topliss-reactive ketones (excluding diaryl/α,β-unsaturated/α-hetero) is 1. The van der Waals surface area contributed by atoms with E-state index in [9.17, 15) is 9.90 Å². The van der Waals surface area contributed by atoms with Gasteiger partial charge in [0.05, 0.1) is 11.7 Å². The van der Waals surface area contributed by atoms with Gasteiger partial charge in [-0.15, -0.1) is 0 Å². The third kappa shape index (κ3) is 3.10. The molecule has 5 rings (SSSR count). The maximum Gasteiger partial charge on any atom is 0.138 e. The molecule has 3 nitrogen and oxygen atoms in total. The fraction of sp³-hybridized carbons (Fsp3) is 0.833. The molecule has 1 aliphatic heterocycles. The minimum absolute atomic E-state index is 0.00583. The van der Waals surface area contributed by atoms with Gasteiger partial charge in [0.15, 0.2) is 0 Å². The van der Waals surface area contributed by atoms with Gasteiger partial charge in [-0.1, -0.05) is 53.7 Å². The summed E-state index contributed by atoms with van der Waals surface area (Å²) in [6.07, 6.45) is 11.9. The number of ether oxygens (including phenoxy) is 1. The lowest BCUT2D eigenvalue weighted by atomic mass is 9.44. The number of epoxide rings is 1. The van der Waals surface area contributed by atoms with Gasteiger partial charge in [-0.3, -0.25) is 4.79 Å². The minimum Gasteiger partial charge on any atom is -0.390 e. The molecule has 1 heterocycles. The van der Waals surface area contributed by atoms with E-state index in [1.165, 1.54) is 12.8 Å². The first kappa shape index (κ1) is 23.8. The van der Waals surface area contributed by atoms with Crippen LogP contribution >= 0.6 is 0 Å². The molecule has 0 unspecified atom stereocenters. The van der Waals surface area contributed by atoms with Gasteiger partial charge in [0, 0.05) is 11.8 Å². The molecular formula is C30H46O3. The van der Waals surface area contributed by atoms with E-state index in [0.717, 1.165) is 32.1 Å². The SMILES string of the molecule is C[C@@H](C[C@@H](O)[C@@H]1OC1(C)C)[C@@H]1CC[C@]2(C)C3=CC[C@H]4C(C)(C)C(=O)CC[C@]4(C)C3=CC[C@@]12C. The Morgan fingerprint density at radius 2 is 1.73 bits per heavy atom. The third-order valence-electron chi connectivity index (χ3n) is 11.8. The standard InChI is InChI=1S/C30H46O3/c1-18(17-22(31)25-27(4,5)33-25)19-11-15-30(8)21-9-10-23-26(2,3)24(32)13-14-28(23,6)20(21)12-16-29(19,30)7/h9,12,18-19,22-23,25,31H,10-11,13-17H2,1-8H3/t18-,19-,22+,23-,25-,28+,29-,30+/m0/s1. The molecule has 1 N–H and O–H groups in total. The van der Waals surface area contributed by atoms with E-state index >= 15 is 0 Å². The van der Waals surface area contributed by atoms with Crippen LogP contribution in [0.4, 0.5) is 0 Å². The second-order valence-electron chi connectivity index (χ2n) is 14.1. The van der Waals surface area contributed by atoms with Gasteiger partial charge < -0.3 is 9.84 Å². The summed E-state index contributed by atoms with van der Waals surface area (Å²) < 4.78 is 5.75. The fourth-order valence-corrected chi connectivity index (χ4v) is 9.26. The maximum atomic E-state index is 12.8. The number of carbonyl (C=O) groups excluding carboxylic acids is 1. The fourth-order valence-electron chi connectivity index (χ4n) is 9.26. The summed E-state index contributed by atoms with van der Waals surface area (Å²) in [5.74, 6) is 1.93. The Balaban J connectivity index is 1.44. The van der Waals surface area contributed by atoms with E-state index in [4.69, 9.17) is 4.74 Å². The van der Waals surface area contributed by atoms with Crippen LogP contribution in [-0.4, -0.2) is 28.7 Å². The molecule has 2 saturated carbocycles. The molecule has 33 heavy (non-hydrogen) atoms. The average molecular weight is 455 g/mol. The highest BCUT2D eigenvalue weighted by atomic mass is 16.6. The molecule has 0 amide bonds. The number of ketones is 1. The summed E-state index contributed by atoms with van der Waals surface area (Å²) in [7, 11) is 0. The van der Waals surface area contributed by atoms with Crippen molar-refractivity contribution in [2.24, 2.45) is 39.4 Å². The Morgan fingerprint density at radius 1 is 1.06 bits per heavy atom. The van der Waals surface area contributed by atoms with Crippen LogP contribution in [0, 0.1) is 39.4 Å². The van der Waals surface area contributed by atoms with Crippen molar-refractivity contribution in [2.75, 3.05) is 0 Å². The van der Waals surface area contributed by atoms with Crippen molar-refractivity contribution < 1.29 is 14.6 Å². The highest BCUT2D eigenvalue weighted by Gasteiger charge is 2.63. The van der Waals surface area contributed by atoms with E-state index in [1.54, 1.807) is 11.1 Å². The summed E-state index contributed by atoms with van der Waals surface area (Å²) in [6.45, 7) is 18.4. The highest BCUT2D eigenvalue weighted by molar-refractivity contribution is 5.86. The van der Waals surface area contributed by atoms with Gasteiger partial charge in [0.2, 0.25) is 0 Å². The number of hydrogen-bond donors (Lipinski definition) is 1. The predicted octanol–water partition coefficient (Wildman–Crippen LogP) is 6.65. The molecule has 3 heteroatoms. The van der Waals surface area contributed by atoms with Gasteiger partial charge in [-0.25, -0.2) is 0 Å². The van der Waals surface area contributed by atoms with Crippen LogP contribution in [0.3, 0.4) is 0 Å². The number of fused-ring (bicyclic) bond motifs is 5. The topological polar surface area (TPSA) is 49.8 Å². The Labute approximate surface area is 201 Å². The lowest BCUT2D eigenvalue weighted by molar-refractivity contribution is -0.138. The summed E-state index contributed by atoms with van der Waals surface area (Å²) >= 11 is 0. The van der Waals surface area contributed by atoms with Gasteiger partial charge in [-0.05, 0) is 97.5 Å². The Morgan fingerprint density at radius 3 is 2.36 bits per heavy atom. The lowest BCUT2D eigenvalue weighted by Gasteiger charge is -2.59. The number of aliphatic hydroxyl groups excluding tert-OH is 1. The highest BCUT2D eigenvalue weighted by Crippen LogP contribution is 2.71. The second kappa shape index (κ2) is 7.06. The zero-order valence-electron chi connectivity index (χ0n) is 22.3. The van der Waals surface area contributed by atoms with Crippen molar-refractivity contribution in [1.82, 2.24) is 0 Å². The van der Waals surface area contributed by atoms with Gasteiger partial charge in [0.25, 0.3) is 0 Å². The van der Waals surface area contributed by atoms with Crippen LogP contribution < -0.4 is 0 Å². The summed E-state index contributed by atoms with van der Waals surface area (Å²) in [4.78, 5) is 12.8. The first-order valence-electron chi connectivity index (χ1n) is 13.5. The quantitative estimate of drug-likeness (QED) is 0.484. The van der Waals surface area contributed by atoms with E-state index in [1.807, 2.05) is 0 Å². The summed E-state index contributed by atoms with van der Waals surface area (Å²) in [5, 5.41) is 10.8. The van der Waals surface area contributed by atoms with Crippen LogP contribution in [0.25, 0.3) is 0 Å². The number of carbonyl (C=O) groups is 1. The molecule has 1 saturated heterocycles. The van der Waals surface area contributed by atoms with Crippen molar-refractivity contribution in [3.63, 3.8) is 0 Å². The van der Waals surface area contributed by atoms with Crippen LogP contribution in [0.15, 0.2) is 23.3 Å². The molecule has 0 bridgehead atoms. The van der Waals surface area contributed by atoms with Crippen molar-refractivity contribution >= 4 is 5.78 Å². The monoisotopic (exact) mass is 454 g/mol. The molecule has 0 radical (unpaired) electrons. The summed E-state index contributed by atoms with van der Waals surface area (Å²) in [6, 6.07) is 0. The largest absolute Gasteiger partial charge is 0.390 e. The molecule has 5 aliphatic rings. The molecule has 184 valence electrons. The molecule has 0 aromatic carbocycles. The van der Waals surface area contributed by atoms with Crippen molar-refractivity contribution in [1.29, 1.82) is 0 Å². The van der Waals surface area contributed by atoms with Gasteiger partial charge in [0.1, 0.15) is 11.9 Å². The van der Waals surface area contributed by atoms with E-state index in [0.29, 0.717) is 23.5 Å². The smallest absolute Gasteiger partial charge is 0.138 e. The lowest BCUT2D eigenvalue weighted by Crippen LogP contribution is -2.53. The van der Waals surface area contributed by atoms with Crippen LogP contribution in [0.1, 0.15) is 100 Å². The van der Waals surface area contributed by atoms with E-state index in [-0.39, 0.29) is 39.5 Å². The molecule has 0 aromatic heterocycles. The Hall–Kier alpha value is -0.930. The van der Waals surface area contributed by atoms with Gasteiger partial charge in [-0.2, -0.15) is 0 Å². The van der Waals surface area contributed by atoms with Crippen LogP contribution in [0.2, 0.25) is 0 Å². The number of rotatable bonds is 4. The Kier molecular flexibility index (Phi) is 5.09. The minimum atomic E-state index is -0.365. The molecule has 0 aromatic rings. The van der Waals surface area contributed by atoms with Gasteiger partial charge >= 0.3 is 0 Å². The molecule has 8 atom stereocenters. The molecular weight excluding hydrogens is 408 g/mol. The second-order valence-corrected chi connectivity index (χ2v) is 14.1. The zero-order valence-corrected chi connectivity index (χ0v) is 22.3. The first-order chi connectivity index (χ1) is 15.2. The summed E-state index contributed by atoms with van der Waals surface area (Å²) in [5.41, 5.74) is 3.27. The molecule has 0 spiro atoms.